The summed E-state index contributed by atoms with van der Waals surface area (Å²) in [6.07, 6.45) is 8.73. The number of hydrogen-bond donors (Lipinski definition) is 9. The van der Waals surface area contributed by atoms with Gasteiger partial charge in [0.2, 0.25) is 11.8 Å². The molecule has 4 aromatic carbocycles. The van der Waals surface area contributed by atoms with Crippen molar-refractivity contribution in [2.24, 2.45) is 5.73 Å². The fourth-order valence-electron chi connectivity index (χ4n) is 13.4. The van der Waals surface area contributed by atoms with Crippen molar-refractivity contribution in [1.82, 2.24) is 90.1 Å². The average molecular weight is 2030 g/mol. The Balaban J connectivity index is 0.000000201. The van der Waals surface area contributed by atoms with E-state index >= 15 is 0 Å². The maximum Gasteiger partial charge on any atom is 0.408 e. The van der Waals surface area contributed by atoms with Crippen molar-refractivity contribution in [3.63, 3.8) is 0 Å². The van der Waals surface area contributed by atoms with Gasteiger partial charge in [-0.1, -0.05) is 6.07 Å². The first kappa shape index (κ1) is 115. The molecule has 782 valence electrons. The summed E-state index contributed by atoms with van der Waals surface area (Å²) in [6, 6.07) is 45.7. The summed E-state index contributed by atoms with van der Waals surface area (Å²) in [5.41, 5.74) is 7.59. The van der Waals surface area contributed by atoms with Crippen LogP contribution in [-0.2, 0) is 35.1 Å². The summed E-state index contributed by atoms with van der Waals surface area (Å²) in [4.78, 5) is 176. The van der Waals surface area contributed by atoms with Gasteiger partial charge in [-0.2, -0.15) is 4.98 Å². The smallest absolute Gasteiger partial charge is 0.408 e. The average Bonchev–Trinajstić information content (AvgIpc) is 0.771. The first-order chi connectivity index (χ1) is 70.0. The fourth-order valence-corrected chi connectivity index (χ4v) is 13.4. The van der Waals surface area contributed by atoms with Crippen molar-refractivity contribution in [1.29, 1.82) is 0 Å². The lowest BCUT2D eigenvalue weighted by atomic mass is 10.2. The Bertz CT molecular complexity index is 7130. The molecule has 0 aliphatic carbocycles. The minimum Gasteiger partial charge on any atom is -0.494 e. The molecule has 0 saturated carbocycles. The monoisotopic (exact) mass is 2030 g/mol. The van der Waals surface area contributed by atoms with Crippen molar-refractivity contribution in [3.8, 4) is 40.1 Å². The number of carbonyl (C=O) groups is 7. The van der Waals surface area contributed by atoms with E-state index in [4.69, 9.17) is 58.1 Å². The molecule has 6 amide bonds. The molecule has 0 aliphatic heterocycles. The molecule has 0 radical (unpaired) electrons. The van der Waals surface area contributed by atoms with Crippen LogP contribution in [0.25, 0.3) is 61.2 Å². The number of nitrogens with one attached hydrogen (secondary N) is 7. The second-order valence-electron chi connectivity index (χ2n) is 36.8. The highest BCUT2D eigenvalue weighted by molar-refractivity contribution is 6.10. The number of carbonyl (C=O) groups excluding carboxylic acids is 6. The number of hydrogen-bond acceptors (Lipinski definition) is 32. The number of benzene rings is 4. The zero-order valence-electron chi connectivity index (χ0n) is 86.7. The molecule has 0 saturated heterocycles. The lowest BCUT2D eigenvalue weighted by Crippen LogP contribution is -2.44. The van der Waals surface area contributed by atoms with E-state index in [9.17, 15) is 52.7 Å². The Labute approximate surface area is 854 Å². The number of rotatable bonds is 27. The van der Waals surface area contributed by atoms with Gasteiger partial charge in [-0.05, 0) is 322 Å². The van der Waals surface area contributed by atoms with E-state index in [0.717, 1.165) is 22.7 Å². The summed E-state index contributed by atoms with van der Waals surface area (Å²) in [7, 11) is 0. The van der Waals surface area contributed by atoms with Crippen LogP contribution in [-0.4, -0.2) is 172 Å². The summed E-state index contributed by atoms with van der Waals surface area (Å²) in [5, 5.41) is 28.8. The Kier molecular flexibility index (Phi) is 41.0. The number of nitrogens with two attached hydrogens (primary N) is 1. The van der Waals surface area contributed by atoms with Crippen molar-refractivity contribution in [2.45, 2.75) is 218 Å². The number of carboxylic acid groups (broad SMARTS) is 1. The van der Waals surface area contributed by atoms with E-state index in [1.165, 1.54) is 35.4 Å². The van der Waals surface area contributed by atoms with Crippen molar-refractivity contribution in [2.75, 3.05) is 37.1 Å². The van der Waals surface area contributed by atoms with Gasteiger partial charge in [0.25, 0.3) is 22.6 Å². The van der Waals surface area contributed by atoms with Crippen LogP contribution >= 0.6 is 0 Å². The van der Waals surface area contributed by atoms with Crippen LogP contribution in [0.15, 0.2) is 237 Å². The van der Waals surface area contributed by atoms with Crippen LogP contribution in [0.5, 0.6) is 23.0 Å². The molecule has 10 heterocycles. The highest BCUT2D eigenvalue weighted by atomic mass is 16.6. The number of aromatic nitrogens is 13. The van der Waals surface area contributed by atoms with E-state index in [-0.39, 0.29) is 45.6 Å². The van der Waals surface area contributed by atoms with Gasteiger partial charge in [-0.15, -0.1) is 0 Å². The van der Waals surface area contributed by atoms with Crippen LogP contribution in [0.2, 0.25) is 0 Å². The van der Waals surface area contributed by atoms with Gasteiger partial charge in [-0.25, -0.2) is 63.8 Å². The van der Waals surface area contributed by atoms with Crippen LogP contribution in [0, 0.1) is 0 Å². The van der Waals surface area contributed by atoms with Gasteiger partial charge in [0.1, 0.15) is 92.2 Å². The zero-order chi connectivity index (χ0) is 108. The highest BCUT2D eigenvalue weighted by Gasteiger charge is 2.29. The summed E-state index contributed by atoms with van der Waals surface area (Å²) >= 11 is 0. The second-order valence-corrected chi connectivity index (χ2v) is 36.8. The maximum atomic E-state index is 13.4. The minimum absolute atomic E-state index is 0.0776. The van der Waals surface area contributed by atoms with Crippen LogP contribution in [0.4, 0.5) is 30.7 Å². The number of alkyl carbamates (subject to hydrolysis) is 4. The second kappa shape index (κ2) is 53.0. The molecular weight excluding hydrogens is 1900 g/mol. The molecule has 0 fully saturated rings. The lowest BCUT2D eigenvalue weighted by molar-refractivity contribution is -0.139. The molecule has 6 atom stereocenters. The van der Waals surface area contributed by atoms with Gasteiger partial charge in [-0.3, -0.25) is 47.5 Å². The van der Waals surface area contributed by atoms with E-state index in [0.29, 0.717) is 117 Å². The van der Waals surface area contributed by atoms with E-state index in [1.54, 1.807) is 242 Å². The van der Waals surface area contributed by atoms with Crippen molar-refractivity contribution < 1.29 is 81.0 Å². The normalized spacial score (nSPS) is 12.3. The zero-order valence-corrected chi connectivity index (χ0v) is 86.7. The predicted molar refractivity (Wildman–Crippen MR) is 558 cm³/mol. The van der Waals surface area contributed by atoms with Gasteiger partial charge in [0.15, 0.2) is 22.6 Å². The van der Waals surface area contributed by atoms with E-state index < -0.39 is 100 Å². The van der Waals surface area contributed by atoms with Crippen molar-refractivity contribution in [3.05, 3.63) is 289 Å². The largest absolute Gasteiger partial charge is 0.494 e. The first-order valence-corrected chi connectivity index (χ1v) is 47.5. The van der Waals surface area contributed by atoms with Gasteiger partial charge in [0, 0.05) is 55.6 Å². The number of anilines is 2. The Morgan fingerprint density at radius 2 is 0.736 bits per heavy atom. The topological polar surface area (TPSA) is 549 Å². The predicted octanol–water partition coefficient (Wildman–Crippen LogP) is 16.1. The number of pyridine rings is 6. The first-order valence-electron chi connectivity index (χ1n) is 47.5. The molecule has 42 heteroatoms. The third-order valence-corrected chi connectivity index (χ3v) is 19.9. The van der Waals surface area contributed by atoms with Gasteiger partial charge in [0.05, 0.1) is 83.3 Å². The summed E-state index contributed by atoms with van der Waals surface area (Å²) in [6.45, 7) is 41.5. The van der Waals surface area contributed by atoms with Gasteiger partial charge >= 0.3 is 36.0 Å². The van der Waals surface area contributed by atoms with Crippen LogP contribution < -0.4 is 84.2 Å². The van der Waals surface area contributed by atoms with Gasteiger partial charge < -0.3 is 90.4 Å². The molecular formula is C106H127N21O21. The molecule has 0 bridgehead atoms. The lowest BCUT2D eigenvalue weighted by Gasteiger charge is -2.23. The standard InChI is InChI=1S/C23H23N5O2.C22H28N4O5.C22H26N4O4.C17H18N4O2.C14H17N3O4.C8H15NO4/c1-3-30-19-10-8-18(9-11-19)28-22(16(2)26-15-17-6-4-12-24-14-17)27-21-20(23(28)29)7-5-13-25-21;1-6-30-16-11-9-15(10-12-16)25-20(28)17-8-7-13-23-18(17)26-19(27)14(2)24-21(29)31-22(3,4)5;1-6-29-16-11-9-15(10-12-16)26-19(14(2)24-21(28)30-22(3,4)5)25-18-17(20(26)27)8-7-13-23-18;1-3-23-13-8-6-12(7-9-13)21-16(11(2)18)20-15-14(17(21)22)5-4-10-19-15;1-8(16-13(19)21-14(2,3)4)11-17-10-9(12(18)20-11)6-5-7-15-10;1-5(6(10)11)9-7(12)13-8(2,3)4/h4-14,16,26H,3,15H2,1-2H3;7-14H,6H2,1-5H3,(H,24,29)(H,25,28)(H,23,26,27);7-14H,6H2,1-5H3,(H,24,28);4-11H,3,18H2,1-2H3;5-8H,1-4H3,(H,16,19);5H,1-4H3,(H,9,12)(H,10,11)/t16-;2*14-;11-;8-;5-/m111111/s1. The number of fused-ring (bicyclic) bond motifs is 4. The molecule has 14 aromatic rings. The Morgan fingerprint density at radius 1 is 0.392 bits per heavy atom. The van der Waals surface area contributed by atoms with E-state index in [1.807, 2.05) is 101 Å². The molecule has 10 N–H and O–H groups in total. The Morgan fingerprint density at radius 3 is 1.12 bits per heavy atom. The SMILES string of the molecule is CCOc1ccc(-n2c([C@@H](C)N)nc3ncccc3c2=O)cc1.CCOc1ccc(-n2c([C@@H](C)NC(=O)OC(C)(C)C)nc3ncccc3c2=O)cc1.CCOc1ccc(-n2c([C@@H](C)NCc3cccnc3)nc3ncccc3c2=O)cc1.CCOc1ccc(NC(=O)c2cccnc2NC(=O)[C@@H](C)NC(=O)OC(C)(C)C)cc1.C[C@@H](NC(=O)OC(C)(C)C)C(=O)O.C[C@@H](NC(=O)OC(C)(C)C)c1nc2ncccc2c(=O)o1. The van der Waals surface area contributed by atoms with Crippen LogP contribution in [0.1, 0.15) is 216 Å². The quantitative estimate of drug-likeness (QED) is 0.0216. The maximum absolute atomic E-state index is 13.4. The fraction of sp³-hybridized carbons (Fsp3) is 0.349. The molecule has 148 heavy (non-hydrogen) atoms. The third kappa shape index (κ3) is 34.6. The van der Waals surface area contributed by atoms with Crippen LogP contribution in [0.3, 0.4) is 0 Å². The third-order valence-electron chi connectivity index (χ3n) is 19.9. The van der Waals surface area contributed by atoms with E-state index in [2.05, 4.69) is 82.1 Å². The summed E-state index contributed by atoms with van der Waals surface area (Å²) in [5.74, 6) is 2.41. The molecule has 0 unspecified atom stereocenters. The van der Waals surface area contributed by atoms with Crippen molar-refractivity contribution >= 4 is 97.8 Å². The minimum atomic E-state index is -1.09. The molecule has 0 spiro atoms. The molecule has 10 aromatic heterocycles. The summed E-state index contributed by atoms with van der Waals surface area (Å²) < 4.78 is 52.0. The molecule has 14 rings (SSSR count). The number of carboxylic acids is 1. The highest BCUT2D eigenvalue weighted by Crippen LogP contribution is 2.27. The Hall–Kier alpha value is -17.1. The number of amides is 6. The molecule has 42 nitrogen and oxygen atoms in total. The number of ether oxygens (including phenoxy) is 8. The number of nitrogens with zero attached hydrogens (tertiary/aromatic N) is 13. The number of aliphatic carboxylic acids is 1. The molecule has 0 aliphatic rings.